The maximum absolute atomic E-state index is 6.63. The van der Waals surface area contributed by atoms with Gasteiger partial charge in [-0.1, -0.05) is 41.9 Å². The Balaban J connectivity index is 1.89. The highest BCUT2D eigenvalue weighted by Crippen LogP contribution is 2.31. The fourth-order valence-corrected chi connectivity index (χ4v) is 3.60. The van der Waals surface area contributed by atoms with Gasteiger partial charge >= 0.3 is 0 Å². The summed E-state index contributed by atoms with van der Waals surface area (Å²) in [7, 11) is 0. The van der Waals surface area contributed by atoms with E-state index in [4.69, 9.17) is 21.6 Å². The van der Waals surface area contributed by atoms with E-state index in [2.05, 4.69) is 42.0 Å². The second-order valence-electron chi connectivity index (χ2n) is 6.59. The molecule has 5 nitrogen and oxygen atoms in total. The Morgan fingerprint density at radius 2 is 1.79 bits per heavy atom. The molecule has 142 valence electrons. The predicted molar refractivity (Wildman–Crippen MR) is 114 cm³/mol. The van der Waals surface area contributed by atoms with Gasteiger partial charge in [0.15, 0.2) is 0 Å². The lowest BCUT2D eigenvalue weighted by molar-refractivity contribution is 0.793. The second-order valence-corrected chi connectivity index (χ2v) is 7.00. The minimum atomic E-state index is 0.547. The number of benzene rings is 2. The Morgan fingerprint density at radius 3 is 2.46 bits per heavy atom. The van der Waals surface area contributed by atoms with Crippen LogP contribution in [0.1, 0.15) is 25.0 Å². The average molecular weight is 392 g/mol. The van der Waals surface area contributed by atoms with Crippen molar-refractivity contribution in [1.29, 1.82) is 0 Å². The molecule has 0 fully saturated rings. The van der Waals surface area contributed by atoms with Crippen molar-refractivity contribution in [2.45, 2.75) is 20.3 Å². The largest absolute Gasteiger partial charge is 0.356 e. The summed E-state index contributed by atoms with van der Waals surface area (Å²) in [6, 6.07) is 16.3. The van der Waals surface area contributed by atoms with Crippen molar-refractivity contribution in [2.24, 2.45) is 0 Å². The molecule has 0 N–H and O–H groups in total. The zero-order valence-electron chi connectivity index (χ0n) is 16.0. The van der Waals surface area contributed by atoms with Crippen LogP contribution in [0, 0.1) is 0 Å². The van der Waals surface area contributed by atoms with E-state index in [0.717, 1.165) is 41.8 Å². The molecule has 4 rings (SSSR count). The number of nitrogens with zero attached hydrogens (tertiary/aromatic N) is 5. The molecule has 0 bridgehead atoms. The van der Waals surface area contributed by atoms with Crippen molar-refractivity contribution in [3.8, 4) is 5.95 Å². The summed E-state index contributed by atoms with van der Waals surface area (Å²) in [5.74, 6) is 1.46. The molecule has 28 heavy (non-hydrogen) atoms. The highest BCUT2D eigenvalue weighted by molar-refractivity contribution is 6.32. The Kier molecular flexibility index (Phi) is 5.26. The molecule has 0 radical (unpaired) electrons. The molecule has 0 unspecified atom stereocenters. The third kappa shape index (κ3) is 3.58. The molecule has 2 aromatic heterocycles. The van der Waals surface area contributed by atoms with Crippen LogP contribution >= 0.6 is 11.6 Å². The number of anilines is 1. The third-order valence-electron chi connectivity index (χ3n) is 4.84. The van der Waals surface area contributed by atoms with E-state index in [0.29, 0.717) is 11.0 Å². The molecule has 2 aromatic carbocycles. The Morgan fingerprint density at radius 1 is 1.00 bits per heavy atom. The summed E-state index contributed by atoms with van der Waals surface area (Å²) >= 11 is 6.63. The zero-order valence-corrected chi connectivity index (χ0v) is 16.8. The van der Waals surface area contributed by atoms with Crippen molar-refractivity contribution in [1.82, 2.24) is 19.7 Å². The van der Waals surface area contributed by atoms with E-state index in [-0.39, 0.29) is 0 Å². The van der Waals surface area contributed by atoms with Gasteiger partial charge in [-0.05, 0) is 49.6 Å². The maximum atomic E-state index is 6.63. The van der Waals surface area contributed by atoms with Crippen molar-refractivity contribution < 1.29 is 0 Å². The van der Waals surface area contributed by atoms with Gasteiger partial charge in [0.05, 0.1) is 5.52 Å². The van der Waals surface area contributed by atoms with Gasteiger partial charge in [-0.2, -0.15) is 10.1 Å². The summed E-state index contributed by atoms with van der Waals surface area (Å²) in [5, 5.41) is 6.01. The summed E-state index contributed by atoms with van der Waals surface area (Å²) in [5.41, 5.74) is 3.12. The van der Waals surface area contributed by atoms with Crippen LogP contribution in [0.15, 0.2) is 60.9 Å². The molecule has 0 amide bonds. The zero-order chi connectivity index (χ0) is 19.5. The topological polar surface area (TPSA) is 46.8 Å². The van der Waals surface area contributed by atoms with Crippen LogP contribution in [-0.4, -0.2) is 32.8 Å². The lowest BCUT2D eigenvalue weighted by atomic mass is 10.0. The van der Waals surface area contributed by atoms with Crippen LogP contribution in [-0.2, 0) is 6.42 Å². The minimum absolute atomic E-state index is 0.547. The van der Waals surface area contributed by atoms with Crippen LogP contribution in [0.5, 0.6) is 0 Å². The summed E-state index contributed by atoms with van der Waals surface area (Å²) < 4.78 is 1.68. The van der Waals surface area contributed by atoms with Gasteiger partial charge < -0.3 is 4.90 Å². The number of hydrogen-bond acceptors (Lipinski definition) is 4. The molecule has 0 aliphatic carbocycles. The second kappa shape index (κ2) is 7.98. The van der Waals surface area contributed by atoms with Crippen LogP contribution in [0.3, 0.4) is 0 Å². The SMILES string of the molecule is CCN(CC)c1nc(-n2cccn2)nc2cc(Cl)c(Cc3ccccc3)cc12. The molecule has 0 aliphatic rings. The summed E-state index contributed by atoms with van der Waals surface area (Å²) in [6.45, 7) is 5.98. The highest BCUT2D eigenvalue weighted by atomic mass is 35.5. The third-order valence-corrected chi connectivity index (χ3v) is 5.19. The van der Waals surface area contributed by atoms with Gasteiger partial charge in [0.2, 0.25) is 0 Å². The molecule has 6 heteroatoms. The minimum Gasteiger partial charge on any atom is -0.356 e. The van der Waals surface area contributed by atoms with E-state index >= 15 is 0 Å². The molecular formula is C22H22ClN5. The highest BCUT2D eigenvalue weighted by Gasteiger charge is 2.16. The number of rotatable bonds is 6. The molecule has 2 heterocycles. The van der Waals surface area contributed by atoms with Crippen LogP contribution < -0.4 is 4.90 Å². The quantitative estimate of drug-likeness (QED) is 0.468. The first-order valence-electron chi connectivity index (χ1n) is 9.48. The first-order valence-corrected chi connectivity index (χ1v) is 9.86. The van der Waals surface area contributed by atoms with Crippen LogP contribution in [0.25, 0.3) is 16.9 Å². The van der Waals surface area contributed by atoms with Crippen molar-refractivity contribution in [3.05, 3.63) is 77.1 Å². The van der Waals surface area contributed by atoms with E-state index in [1.165, 1.54) is 5.56 Å². The van der Waals surface area contributed by atoms with Crippen molar-refractivity contribution >= 4 is 28.3 Å². The standard InChI is InChI=1S/C22H22ClN5/c1-3-27(4-2)21-18-14-17(13-16-9-6-5-7-10-16)19(23)15-20(18)25-22(26-21)28-12-8-11-24-28/h5-12,14-15H,3-4,13H2,1-2H3. The maximum Gasteiger partial charge on any atom is 0.253 e. The number of fused-ring (bicyclic) bond motifs is 1. The van der Waals surface area contributed by atoms with Crippen LogP contribution in [0.2, 0.25) is 5.02 Å². The lowest BCUT2D eigenvalue weighted by Crippen LogP contribution is -2.24. The first kappa shape index (κ1) is 18.4. The van der Waals surface area contributed by atoms with E-state index in [1.807, 2.05) is 36.5 Å². The number of aromatic nitrogens is 4. The fraction of sp³-hybridized carbons (Fsp3) is 0.227. The molecule has 0 spiro atoms. The number of halogens is 1. The molecule has 4 aromatic rings. The van der Waals surface area contributed by atoms with Crippen molar-refractivity contribution in [2.75, 3.05) is 18.0 Å². The summed E-state index contributed by atoms with van der Waals surface area (Å²) in [4.78, 5) is 11.8. The smallest absolute Gasteiger partial charge is 0.253 e. The molecule has 0 atom stereocenters. The molecule has 0 saturated heterocycles. The average Bonchev–Trinajstić information content (AvgIpc) is 3.25. The predicted octanol–water partition coefficient (Wildman–Crippen LogP) is 4.91. The van der Waals surface area contributed by atoms with Gasteiger partial charge in [0.25, 0.3) is 5.95 Å². The van der Waals surface area contributed by atoms with Gasteiger partial charge in [-0.3, -0.25) is 0 Å². The number of hydrogen-bond donors (Lipinski definition) is 0. The van der Waals surface area contributed by atoms with Crippen LogP contribution in [0.4, 0.5) is 5.82 Å². The summed E-state index contributed by atoms with van der Waals surface area (Å²) in [6.07, 6.45) is 4.34. The monoisotopic (exact) mass is 391 g/mol. The Labute approximate surface area is 169 Å². The molecular weight excluding hydrogens is 370 g/mol. The van der Waals surface area contributed by atoms with E-state index in [9.17, 15) is 0 Å². The van der Waals surface area contributed by atoms with E-state index in [1.54, 1.807) is 10.9 Å². The van der Waals surface area contributed by atoms with Gasteiger partial charge in [-0.25, -0.2) is 9.67 Å². The fourth-order valence-electron chi connectivity index (χ4n) is 3.37. The first-order chi connectivity index (χ1) is 13.7. The van der Waals surface area contributed by atoms with E-state index < -0.39 is 0 Å². The molecule has 0 saturated carbocycles. The molecule has 0 aliphatic heterocycles. The van der Waals surface area contributed by atoms with Crippen molar-refractivity contribution in [3.63, 3.8) is 0 Å². The lowest BCUT2D eigenvalue weighted by Gasteiger charge is -2.22. The van der Waals surface area contributed by atoms with Gasteiger partial charge in [0.1, 0.15) is 5.82 Å². The Bertz CT molecular complexity index is 1070. The van der Waals surface area contributed by atoms with Gasteiger partial charge in [0, 0.05) is 35.9 Å². The van der Waals surface area contributed by atoms with Gasteiger partial charge in [-0.15, -0.1) is 0 Å². The normalized spacial score (nSPS) is 11.1. The Hall–Kier alpha value is -2.92.